The van der Waals surface area contributed by atoms with Crippen LogP contribution in [0.15, 0.2) is 45.9 Å². The van der Waals surface area contributed by atoms with Gasteiger partial charge in [0.1, 0.15) is 0 Å². The Morgan fingerprint density at radius 1 is 1.30 bits per heavy atom. The second-order valence-corrected chi connectivity index (χ2v) is 9.86. The average Bonchev–Trinajstić information content (AvgIpc) is 3.06. The van der Waals surface area contributed by atoms with Crippen LogP contribution in [-0.2, 0) is 23.0 Å². The minimum Gasteiger partial charge on any atom is -0.291 e. The van der Waals surface area contributed by atoms with Gasteiger partial charge in [0, 0.05) is 15.9 Å². The second kappa shape index (κ2) is 8.01. The van der Waals surface area contributed by atoms with E-state index in [4.69, 9.17) is 0 Å². The van der Waals surface area contributed by atoms with Gasteiger partial charge in [-0.05, 0) is 36.8 Å². The number of thiophene rings is 1. The van der Waals surface area contributed by atoms with Crippen molar-refractivity contribution in [1.29, 1.82) is 0 Å². The van der Waals surface area contributed by atoms with Gasteiger partial charge in [-0.25, -0.2) is 18.1 Å². The summed E-state index contributed by atoms with van der Waals surface area (Å²) in [6.45, 7) is 0.172. The number of hydrogen-bond donors (Lipinski definition) is 1. The minimum atomic E-state index is -3.23. The molecule has 0 amide bonds. The van der Waals surface area contributed by atoms with Gasteiger partial charge in [-0.2, -0.15) is 0 Å². The van der Waals surface area contributed by atoms with E-state index in [0.717, 1.165) is 15.6 Å². The molecule has 10 heteroatoms. The van der Waals surface area contributed by atoms with E-state index in [2.05, 4.69) is 25.6 Å². The summed E-state index contributed by atoms with van der Waals surface area (Å²) in [6, 6.07) is 8.71. The molecule has 0 unspecified atom stereocenters. The maximum Gasteiger partial charge on any atom is 0.261 e. The van der Waals surface area contributed by atoms with E-state index < -0.39 is 10.0 Å². The molecule has 0 aliphatic rings. The second-order valence-electron chi connectivity index (χ2n) is 5.94. The fourth-order valence-corrected chi connectivity index (χ4v) is 4.27. The van der Waals surface area contributed by atoms with Gasteiger partial charge in [-0.1, -0.05) is 15.9 Å². The molecule has 0 fully saturated rings. The lowest BCUT2D eigenvalue weighted by Gasteiger charge is -2.05. The van der Waals surface area contributed by atoms with Crippen molar-refractivity contribution >= 4 is 54.0 Å². The van der Waals surface area contributed by atoms with E-state index in [0.29, 0.717) is 22.2 Å². The van der Waals surface area contributed by atoms with E-state index in [1.54, 1.807) is 30.3 Å². The largest absolute Gasteiger partial charge is 0.291 e. The molecule has 0 aliphatic carbocycles. The average molecular weight is 470 g/mol. The maximum atomic E-state index is 12.6. The molecule has 3 rings (SSSR count). The molecule has 27 heavy (non-hydrogen) atoms. The third kappa shape index (κ3) is 5.10. The van der Waals surface area contributed by atoms with E-state index >= 15 is 0 Å². The number of ketones is 1. The molecule has 3 aromatic rings. The molecule has 2 heterocycles. The summed E-state index contributed by atoms with van der Waals surface area (Å²) in [6.07, 6.45) is 2.97. The third-order valence-corrected chi connectivity index (χ3v) is 6.18. The molecular weight excluding hydrogens is 454 g/mol. The van der Waals surface area contributed by atoms with Crippen LogP contribution in [0.2, 0.25) is 0 Å². The summed E-state index contributed by atoms with van der Waals surface area (Å²) in [5.74, 6) is -0.194. The summed E-state index contributed by atoms with van der Waals surface area (Å²) in [7, 11) is -3.23. The number of carbonyl (C=O) groups excluding carboxylic acids is 1. The number of benzene rings is 1. The highest BCUT2D eigenvalue weighted by molar-refractivity contribution is 9.10. The Bertz CT molecular complexity index is 1170. The summed E-state index contributed by atoms with van der Waals surface area (Å²) in [4.78, 5) is 30.7. The lowest BCUT2D eigenvalue weighted by molar-refractivity contribution is 0.0974. The van der Waals surface area contributed by atoms with Crippen molar-refractivity contribution in [3.63, 3.8) is 0 Å². The maximum absolute atomic E-state index is 12.6. The van der Waals surface area contributed by atoms with Gasteiger partial charge in [0.15, 0.2) is 5.78 Å². The van der Waals surface area contributed by atoms with Crippen LogP contribution >= 0.6 is 27.3 Å². The third-order valence-electron chi connectivity index (χ3n) is 3.77. The predicted octanol–water partition coefficient (Wildman–Crippen LogP) is 2.20. The lowest BCUT2D eigenvalue weighted by Crippen LogP contribution is -2.24. The van der Waals surface area contributed by atoms with Crippen LogP contribution in [0.1, 0.15) is 14.5 Å². The molecule has 7 nitrogen and oxygen atoms in total. The number of carbonyl (C=O) groups is 1. The fourth-order valence-electron chi connectivity index (χ4n) is 2.50. The smallest absolute Gasteiger partial charge is 0.261 e. The first-order valence-corrected chi connectivity index (χ1v) is 11.4. The summed E-state index contributed by atoms with van der Waals surface area (Å²) in [5, 5.41) is 0.443. The fraction of sp³-hybridized carbons (Fsp3) is 0.235. The van der Waals surface area contributed by atoms with Gasteiger partial charge >= 0.3 is 0 Å². The molecular formula is C17H16BrN3O4S2. The summed E-state index contributed by atoms with van der Waals surface area (Å²) >= 11 is 4.63. The van der Waals surface area contributed by atoms with Crippen molar-refractivity contribution in [1.82, 2.24) is 14.3 Å². The number of aromatic nitrogens is 2. The Morgan fingerprint density at radius 3 is 2.81 bits per heavy atom. The Morgan fingerprint density at radius 2 is 2.07 bits per heavy atom. The Kier molecular flexibility index (Phi) is 5.89. The normalized spacial score (nSPS) is 11.8. The lowest BCUT2D eigenvalue weighted by atomic mass is 10.2. The van der Waals surface area contributed by atoms with E-state index in [-0.39, 0.29) is 24.4 Å². The summed E-state index contributed by atoms with van der Waals surface area (Å²) in [5.41, 5.74) is 0.299. The standard InChI is InChI=1S/C17H16BrN3O4S2/c1-27(24,25)20-7-6-12-3-5-16(26-12)15(22)9-21-10-19-14-4-2-11(18)8-13(14)17(21)23/h2-5,8,10,20H,6-7,9H2,1H3. The Hall–Kier alpha value is -1.88. The number of Topliss-reactive ketones (excluding diaryl/α,β-unsaturated/α-hetero) is 1. The van der Waals surface area contributed by atoms with Crippen molar-refractivity contribution < 1.29 is 13.2 Å². The molecule has 2 aromatic heterocycles. The van der Waals surface area contributed by atoms with Gasteiger partial charge in [0.05, 0.1) is 34.9 Å². The molecule has 142 valence electrons. The minimum absolute atomic E-state index is 0.101. The molecule has 0 bridgehead atoms. The highest BCUT2D eigenvalue weighted by Crippen LogP contribution is 2.18. The topological polar surface area (TPSA) is 98.1 Å². The van der Waals surface area contributed by atoms with Crippen molar-refractivity contribution in [2.75, 3.05) is 12.8 Å². The zero-order valence-corrected chi connectivity index (χ0v) is 17.5. The molecule has 0 atom stereocenters. The molecule has 0 radical (unpaired) electrons. The van der Waals surface area contributed by atoms with Crippen LogP contribution in [0, 0.1) is 0 Å². The predicted molar refractivity (Wildman–Crippen MR) is 109 cm³/mol. The first-order valence-electron chi connectivity index (χ1n) is 7.94. The number of nitrogens with one attached hydrogen (secondary N) is 1. The van der Waals surface area contributed by atoms with Crippen LogP contribution < -0.4 is 10.3 Å². The van der Waals surface area contributed by atoms with Gasteiger partial charge in [0.25, 0.3) is 5.56 Å². The van der Waals surface area contributed by atoms with Crippen LogP contribution in [0.5, 0.6) is 0 Å². The van der Waals surface area contributed by atoms with Gasteiger partial charge in [-0.15, -0.1) is 11.3 Å². The highest BCUT2D eigenvalue weighted by Gasteiger charge is 2.13. The van der Waals surface area contributed by atoms with Crippen LogP contribution in [0.3, 0.4) is 0 Å². The van der Waals surface area contributed by atoms with Crippen molar-refractivity contribution in [3.05, 3.63) is 61.2 Å². The van der Waals surface area contributed by atoms with Gasteiger partial charge in [-0.3, -0.25) is 14.2 Å². The first-order chi connectivity index (χ1) is 12.7. The zero-order valence-electron chi connectivity index (χ0n) is 14.3. The number of hydrogen-bond acceptors (Lipinski definition) is 6. The van der Waals surface area contributed by atoms with Crippen molar-refractivity contribution in [2.45, 2.75) is 13.0 Å². The first kappa shape index (κ1) is 19.9. The number of rotatable bonds is 7. The van der Waals surface area contributed by atoms with E-state index in [1.165, 1.54) is 22.2 Å². The number of fused-ring (bicyclic) bond motifs is 1. The molecule has 0 spiro atoms. The van der Waals surface area contributed by atoms with E-state index in [1.807, 2.05) is 0 Å². The van der Waals surface area contributed by atoms with Crippen LogP contribution in [-0.4, -0.2) is 36.6 Å². The van der Waals surface area contributed by atoms with Gasteiger partial charge < -0.3 is 0 Å². The number of sulfonamides is 1. The van der Waals surface area contributed by atoms with Crippen LogP contribution in [0.25, 0.3) is 10.9 Å². The molecule has 0 saturated heterocycles. The highest BCUT2D eigenvalue weighted by atomic mass is 79.9. The Labute approximate surface area is 168 Å². The molecule has 0 saturated carbocycles. The van der Waals surface area contributed by atoms with Gasteiger partial charge in [0.2, 0.25) is 10.0 Å². The number of nitrogens with zero attached hydrogens (tertiary/aromatic N) is 2. The monoisotopic (exact) mass is 469 g/mol. The molecule has 1 aromatic carbocycles. The van der Waals surface area contributed by atoms with Crippen molar-refractivity contribution in [2.24, 2.45) is 0 Å². The number of halogens is 1. The molecule has 0 aliphatic heterocycles. The SMILES string of the molecule is CS(=O)(=O)NCCc1ccc(C(=O)Cn2cnc3ccc(Br)cc3c2=O)s1. The Balaban J connectivity index is 1.73. The van der Waals surface area contributed by atoms with Crippen LogP contribution in [0.4, 0.5) is 0 Å². The zero-order chi connectivity index (χ0) is 19.6. The quantitative estimate of drug-likeness (QED) is 0.534. The molecule has 1 N–H and O–H groups in total. The summed E-state index contributed by atoms with van der Waals surface area (Å²) < 4.78 is 26.6. The van der Waals surface area contributed by atoms with Crippen molar-refractivity contribution in [3.8, 4) is 0 Å². The van der Waals surface area contributed by atoms with E-state index in [9.17, 15) is 18.0 Å².